The number of esters is 1. The first-order valence-corrected chi connectivity index (χ1v) is 9.55. The smallest absolute Gasteiger partial charge is 0.340 e. The van der Waals surface area contributed by atoms with E-state index in [1.165, 1.54) is 19.2 Å². The summed E-state index contributed by atoms with van der Waals surface area (Å²) in [7, 11) is -2.46. The van der Waals surface area contributed by atoms with E-state index in [0.29, 0.717) is 5.89 Å². The highest BCUT2D eigenvalue weighted by Crippen LogP contribution is 2.22. The van der Waals surface area contributed by atoms with Crippen LogP contribution in [0.15, 0.2) is 57.8 Å². The number of hydrogen-bond donors (Lipinski definition) is 1. The molecule has 0 bridgehead atoms. The quantitative estimate of drug-likeness (QED) is 0.625. The van der Waals surface area contributed by atoms with E-state index in [4.69, 9.17) is 20.8 Å². The Bertz CT molecular complexity index is 1070. The molecule has 0 saturated carbocycles. The van der Waals surface area contributed by atoms with E-state index in [1.807, 2.05) is 18.2 Å². The first kappa shape index (κ1) is 19.0. The summed E-state index contributed by atoms with van der Waals surface area (Å²) in [6.07, 6.45) is 0. The zero-order chi connectivity index (χ0) is 19.4. The Morgan fingerprint density at radius 2 is 1.93 bits per heavy atom. The number of nitrogens with one attached hydrogen (secondary N) is 1. The second-order valence-electron chi connectivity index (χ2n) is 5.29. The van der Waals surface area contributed by atoms with Gasteiger partial charge in [-0.1, -0.05) is 29.8 Å². The van der Waals surface area contributed by atoms with Crippen molar-refractivity contribution in [1.82, 2.24) is 14.9 Å². The van der Waals surface area contributed by atoms with Crippen LogP contribution in [0.2, 0.25) is 5.02 Å². The van der Waals surface area contributed by atoms with Crippen LogP contribution >= 0.6 is 11.6 Å². The van der Waals surface area contributed by atoms with E-state index in [2.05, 4.69) is 14.9 Å². The summed E-state index contributed by atoms with van der Waals surface area (Å²) in [5.74, 6) is -0.424. The summed E-state index contributed by atoms with van der Waals surface area (Å²) in [5.41, 5.74) is 0.645. The lowest BCUT2D eigenvalue weighted by molar-refractivity contribution is 0.0438. The van der Waals surface area contributed by atoms with Crippen molar-refractivity contribution < 1.29 is 22.4 Å². The predicted octanol–water partition coefficient (Wildman–Crippen LogP) is 2.66. The Labute approximate surface area is 160 Å². The van der Waals surface area contributed by atoms with Gasteiger partial charge in [0.1, 0.15) is 0 Å². The number of carbonyl (C=O) groups excluding carboxylic acids is 1. The van der Waals surface area contributed by atoms with Gasteiger partial charge in [-0.05, 0) is 37.4 Å². The van der Waals surface area contributed by atoms with Gasteiger partial charge in [0.2, 0.25) is 15.9 Å². The monoisotopic (exact) mass is 407 g/mol. The number of aromatic nitrogens is 2. The van der Waals surface area contributed by atoms with Crippen molar-refractivity contribution in [1.29, 1.82) is 0 Å². The van der Waals surface area contributed by atoms with Crippen molar-refractivity contribution in [2.75, 3.05) is 7.05 Å². The third-order valence-electron chi connectivity index (χ3n) is 3.55. The number of nitrogens with zero attached hydrogens (tertiary/aromatic N) is 2. The Morgan fingerprint density at radius 3 is 2.63 bits per heavy atom. The Kier molecular flexibility index (Phi) is 5.54. The third kappa shape index (κ3) is 4.33. The molecule has 0 amide bonds. The molecule has 1 aromatic heterocycles. The van der Waals surface area contributed by atoms with Crippen molar-refractivity contribution in [3.8, 4) is 11.5 Å². The molecule has 0 radical (unpaired) electrons. The lowest BCUT2D eigenvalue weighted by Gasteiger charge is -2.07. The molecule has 3 aromatic rings. The van der Waals surface area contributed by atoms with Crippen LogP contribution in [0.5, 0.6) is 0 Å². The van der Waals surface area contributed by atoms with E-state index < -0.39 is 16.0 Å². The molecule has 1 N–H and O–H groups in total. The standard InChI is InChI=1S/C17H14ClN3O5S/c1-19-27(23,24)12-7-8-14(18)13(9-12)17(22)25-10-15-20-21-16(26-15)11-5-3-2-4-6-11/h2-9,19H,10H2,1H3. The number of benzene rings is 2. The molecule has 2 aromatic carbocycles. The number of rotatable bonds is 6. The van der Waals surface area contributed by atoms with Crippen molar-refractivity contribution in [2.45, 2.75) is 11.5 Å². The lowest BCUT2D eigenvalue weighted by atomic mass is 10.2. The summed E-state index contributed by atoms with van der Waals surface area (Å²) in [5, 5.41) is 7.77. The van der Waals surface area contributed by atoms with Crippen LogP contribution in [-0.2, 0) is 21.4 Å². The fourth-order valence-electron chi connectivity index (χ4n) is 2.16. The average molecular weight is 408 g/mol. The van der Waals surface area contributed by atoms with Crippen LogP contribution in [0.3, 0.4) is 0 Å². The lowest BCUT2D eigenvalue weighted by Crippen LogP contribution is -2.19. The SMILES string of the molecule is CNS(=O)(=O)c1ccc(Cl)c(C(=O)OCc2nnc(-c3ccccc3)o2)c1. The molecule has 0 aliphatic rings. The van der Waals surface area contributed by atoms with E-state index >= 15 is 0 Å². The van der Waals surface area contributed by atoms with Crippen LogP contribution in [0.4, 0.5) is 0 Å². The summed E-state index contributed by atoms with van der Waals surface area (Å²) < 4.78 is 36.4. The molecule has 27 heavy (non-hydrogen) atoms. The van der Waals surface area contributed by atoms with Gasteiger partial charge in [0.05, 0.1) is 15.5 Å². The number of carbonyl (C=O) groups is 1. The van der Waals surface area contributed by atoms with Crippen molar-refractivity contribution in [3.63, 3.8) is 0 Å². The van der Waals surface area contributed by atoms with Gasteiger partial charge in [0.15, 0.2) is 6.61 Å². The molecular weight excluding hydrogens is 394 g/mol. The molecule has 0 fully saturated rings. The van der Waals surface area contributed by atoms with Crippen LogP contribution in [-0.4, -0.2) is 31.6 Å². The first-order chi connectivity index (χ1) is 12.9. The molecule has 0 aliphatic carbocycles. The number of halogens is 1. The van der Waals surface area contributed by atoms with E-state index in [1.54, 1.807) is 12.1 Å². The van der Waals surface area contributed by atoms with Crippen molar-refractivity contribution in [2.24, 2.45) is 0 Å². The minimum absolute atomic E-state index is 0.0607. The molecule has 0 aliphatic heterocycles. The molecule has 1 heterocycles. The summed E-state index contributed by atoms with van der Waals surface area (Å²) in [6.45, 7) is -0.280. The second-order valence-corrected chi connectivity index (χ2v) is 7.59. The molecule has 0 spiro atoms. The van der Waals surface area contributed by atoms with E-state index in [-0.39, 0.29) is 28.0 Å². The maximum atomic E-state index is 12.3. The maximum absolute atomic E-state index is 12.3. The van der Waals surface area contributed by atoms with Gasteiger partial charge in [0, 0.05) is 5.56 Å². The topological polar surface area (TPSA) is 111 Å². The summed E-state index contributed by atoms with van der Waals surface area (Å²) >= 11 is 5.98. The van der Waals surface area contributed by atoms with Crippen molar-refractivity contribution in [3.05, 3.63) is 65.0 Å². The zero-order valence-electron chi connectivity index (χ0n) is 14.0. The van der Waals surface area contributed by atoms with Crippen LogP contribution in [0.25, 0.3) is 11.5 Å². The number of sulfonamides is 1. The predicted molar refractivity (Wildman–Crippen MR) is 96.6 cm³/mol. The fourth-order valence-corrected chi connectivity index (χ4v) is 3.11. The van der Waals surface area contributed by atoms with Gasteiger partial charge in [-0.25, -0.2) is 17.9 Å². The molecule has 8 nitrogen and oxygen atoms in total. The molecule has 140 valence electrons. The highest BCUT2D eigenvalue weighted by molar-refractivity contribution is 7.89. The number of hydrogen-bond acceptors (Lipinski definition) is 7. The highest BCUT2D eigenvalue weighted by atomic mass is 35.5. The van der Waals surface area contributed by atoms with E-state index in [9.17, 15) is 13.2 Å². The summed E-state index contributed by atoms with van der Waals surface area (Å²) in [6, 6.07) is 12.8. The third-order valence-corrected chi connectivity index (χ3v) is 5.29. The Balaban J connectivity index is 1.73. The van der Waals surface area contributed by atoms with Gasteiger partial charge >= 0.3 is 5.97 Å². The number of ether oxygens (including phenoxy) is 1. The fraction of sp³-hybridized carbons (Fsp3) is 0.118. The van der Waals surface area contributed by atoms with Gasteiger partial charge in [-0.15, -0.1) is 10.2 Å². The van der Waals surface area contributed by atoms with E-state index in [0.717, 1.165) is 11.6 Å². The largest absolute Gasteiger partial charge is 0.452 e. The maximum Gasteiger partial charge on any atom is 0.340 e. The van der Waals surface area contributed by atoms with Gasteiger partial charge in [-0.2, -0.15) is 0 Å². The molecule has 3 rings (SSSR count). The second kappa shape index (κ2) is 7.87. The molecule has 10 heteroatoms. The molecule has 0 atom stereocenters. The van der Waals surface area contributed by atoms with Crippen LogP contribution in [0, 0.1) is 0 Å². The van der Waals surface area contributed by atoms with Gasteiger partial charge < -0.3 is 9.15 Å². The van der Waals surface area contributed by atoms with Crippen LogP contribution in [0.1, 0.15) is 16.2 Å². The highest BCUT2D eigenvalue weighted by Gasteiger charge is 2.19. The Hall–Kier alpha value is -2.75. The zero-order valence-corrected chi connectivity index (χ0v) is 15.6. The average Bonchev–Trinajstić information content (AvgIpc) is 3.16. The minimum Gasteiger partial charge on any atom is -0.452 e. The van der Waals surface area contributed by atoms with Crippen molar-refractivity contribution >= 4 is 27.6 Å². The van der Waals surface area contributed by atoms with Crippen LogP contribution < -0.4 is 4.72 Å². The molecule has 0 saturated heterocycles. The molecule has 0 unspecified atom stereocenters. The normalized spacial score (nSPS) is 11.3. The first-order valence-electron chi connectivity index (χ1n) is 7.69. The minimum atomic E-state index is -3.72. The summed E-state index contributed by atoms with van der Waals surface area (Å²) in [4.78, 5) is 12.2. The molecular formula is C17H14ClN3O5S. The van der Waals surface area contributed by atoms with Gasteiger partial charge in [0.25, 0.3) is 5.89 Å². The van der Waals surface area contributed by atoms with Gasteiger partial charge in [-0.3, -0.25) is 0 Å². The Morgan fingerprint density at radius 1 is 1.19 bits per heavy atom.